The van der Waals surface area contributed by atoms with Crippen LogP contribution in [0.15, 0.2) is 24.7 Å². The van der Waals surface area contributed by atoms with E-state index in [0.29, 0.717) is 36.1 Å². The van der Waals surface area contributed by atoms with Gasteiger partial charge in [-0.2, -0.15) is 4.98 Å². The number of hydrogen-bond acceptors (Lipinski definition) is 9. The highest BCUT2D eigenvalue weighted by Crippen LogP contribution is 2.23. The molecule has 3 aromatic rings. The third kappa shape index (κ3) is 5.62. The van der Waals surface area contributed by atoms with Crippen molar-refractivity contribution in [2.75, 3.05) is 43.5 Å². The minimum absolute atomic E-state index is 0.351. The van der Waals surface area contributed by atoms with Gasteiger partial charge in [-0.25, -0.2) is 27.7 Å². The van der Waals surface area contributed by atoms with E-state index >= 15 is 0 Å². The molecule has 12 heteroatoms. The second kappa shape index (κ2) is 9.78. The molecule has 1 aliphatic heterocycles. The Morgan fingerprint density at radius 3 is 2.57 bits per heavy atom. The number of nitrogen functional groups attached to an aromatic ring is 1. The molecule has 4 heterocycles. The molecule has 0 aliphatic carbocycles. The van der Waals surface area contributed by atoms with Crippen LogP contribution in [0.2, 0.25) is 0 Å². The van der Waals surface area contributed by atoms with Crippen LogP contribution < -0.4 is 16.8 Å². The molecule has 1 fully saturated rings. The molecule has 0 spiro atoms. The van der Waals surface area contributed by atoms with Crippen LogP contribution in [-0.2, 0) is 10.0 Å². The number of aromatic amines is 1. The lowest BCUT2D eigenvalue weighted by Gasteiger charge is -2.23. The van der Waals surface area contributed by atoms with Gasteiger partial charge in [-0.15, -0.1) is 0 Å². The normalized spacial score (nSPS) is 14.9. The van der Waals surface area contributed by atoms with Gasteiger partial charge in [0.25, 0.3) is 0 Å². The van der Waals surface area contributed by atoms with Crippen molar-refractivity contribution in [1.29, 1.82) is 0 Å². The Balaban J connectivity index is 0.000000216. The van der Waals surface area contributed by atoms with Crippen LogP contribution in [0.1, 0.15) is 19.3 Å². The smallest absolute Gasteiger partial charge is 0.224 e. The molecule has 0 saturated carbocycles. The monoisotopic (exact) mass is 433 g/mol. The Morgan fingerprint density at radius 1 is 1.17 bits per heavy atom. The predicted molar refractivity (Wildman–Crippen MR) is 117 cm³/mol. The first-order chi connectivity index (χ1) is 14.4. The van der Waals surface area contributed by atoms with E-state index in [1.54, 1.807) is 22.9 Å². The van der Waals surface area contributed by atoms with E-state index in [1.807, 2.05) is 6.07 Å². The zero-order valence-corrected chi connectivity index (χ0v) is 17.7. The van der Waals surface area contributed by atoms with Crippen LogP contribution in [0.3, 0.4) is 0 Å². The Bertz CT molecular complexity index is 1080. The molecule has 0 unspecified atom stereocenters. The predicted octanol–water partition coefficient (Wildman–Crippen LogP) is 0.800. The van der Waals surface area contributed by atoms with Gasteiger partial charge in [-0.05, 0) is 18.9 Å². The molecule has 11 nitrogen and oxygen atoms in total. The van der Waals surface area contributed by atoms with Crippen molar-refractivity contribution in [3.05, 3.63) is 24.7 Å². The fourth-order valence-corrected chi connectivity index (χ4v) is 3.94. The summed E-state index contributed by atoms with van der Waals surface area (Å²) in [5, 5.41) is 2.97. The Morgan fingerprint density at radius 2 is 1.93 bits per heavy atom. The Labute approximate surface area is 175 Å². The van der Waals surface area contributed by atoms with Crippen LogP contribution in [0.25, 0.3) is 22.4 Å². The van der Waals surface area contributed by atoms with Gasteiger partial charge in [0.1, 0.15) is 11.3 Å². The van der Waals surface area contributed by atoms with E-state index in [1.165, 1.54) is 12.7 Å². The molecule has 0 atom stereocenters. The van der Waals surface area contributed by atoms with Crippen LogP contribution in [0, 0.1) is 0 Å². The van der Waals surface area contributed by atoms with Gasteiger partial charge in [-0.3, -0.25) is 0 Å². The molecule has 162 valence electrons. The molecule has 0 bridgehead atoms. The standard InChI is InChI=1S/C12H14N8.C6H13NO2S/c13-2-4-16-12-18-5-7(10(14)20-12)9-6-17-11-8(19-9)1-3-15-11;1-10(8,9)7-5-3-2-4-6-7/h1,3,5-6H,2,4,13H2,(H,15,17)(H3,14,16,18,20);2-6H2,1H3. The summed E-state index contributed by atoms with van der Waals surface area (Å²) in [4.78, 5) is 20.1. The van der Waals surface area contributed by atoms with E-state index in [9.17, 15) is 8.42 Å². The van der Waals surface area contributed by atoms with Crippen LogP contribution in [-0.4, -0.2) is 70.1 Å². The minimum atomic E-state index is -2.89. The summed E-state index contributed by atoms with van der Waals surface area (Å²) < 4.78 is 23.4. The first-order valence-electron chi connectivity index (χ1n) is 9.70. The van der Waals surface area contributed by atoms with Crippen LogP contribution in [0.4, 0.5) is 11.8 Å². The molecular weight excluding hydrogens is 406 g/mol. The maximum absolute atomic E-state index is 10.9. The summed E-state index contributed by atoms with van der Waals surface area (Å²) in [7, 11) is -2.89. The molecule has 3 aromatic heterocycles. The van der Waals surface area contributed by atoms with Crippen LogP contribution >= 0.6 is 0 Å². The zero-order valence-electron chi connectivity index (χ0n) is 16.9. The maximum Gasteiger partial charge on any atom is 0.224 e. The third-order valence-electron chi connectivity index (χ3n) is 4.57. The molecule has 6 N–H and O–H groups in total. The molecule has 1 aliphatic rings. The molecule has 30 heavy (non-hydrogen) atoms. The number of sulfonamides is 1. The second-order valence-corrected chi connectivity index (χ2v) is 8.88. The van der Waals surface area contributed by atoms with Gasteiger partial charge >= 0.3 is 0 Å². The summed E-state index contributed by atoms with van der Waals surface area (Å²) in [5.74, 6) is 0.802. The lowest BCUT2D eigenvalue weighted by Crippen LogP contribution is -2.34. The quantitative estimate of drug-likeness (QED) is 0.454. The largest absolute Gasteiger partial charge is 0.383 e. The Hall–Kier alpha value is -2.83. The van der Waals surface area contributed by atoms with Gasteiger partial charge in [0.2, 0.25) is 16.0 Å². The third-order valence-corrected chi connectivity index (χ3v) is 5.87. The van der Waals surface area contributed by atoms with Crippen molar-refractivity contribution >= 4 is 33.0 Å². The number of aromatic nitrogens is 5. The SMILES string of the molecule is CS(=O)(=O)N1CCCCC1.NCCNc1ncc(-c2cnc3[nH]ccc3n2)c(N)n1. The van der Waals surface area contributed by atoms with E-state index in [0.717, 1.165) is 37.1 Å². The summed E-state index contributed by atoms with van der Waals surface area (Å²) in [6.07, 6.45) is 9.54. The first-order valence-corrected chi connectivity index (χ1v) is 11.6. The number of nitrogens with two attached hydrogens (primary N) is 2. The van der Waals surface area contributed by atoms with Gasteiger partial charge < -0.3 is 21.8 Å². The van der Waals surface area contributed by atoms with Gasteiger partial charge in [-0.1, -0.05) is 6.42 Å². The van der Waals surface area contributed by atoms with Gasteiger partial charge in [0, 0.05) is 38.6 Å². The summed E-state index contributed by atoms with van der Waals surface area (Å²) >= 11 is 0. The average Bonchev–Trinajstić information content (AvgIpc) is 3.21. The maximum atomic E-state index is 10.9. The lowest BCUT2D eigenvalue weighted by atomic mass is 10.2. The molecule has 4 rings (SSSR count). The molecule has 0 aromatic carbocycles. The van der Waals surface area contributed by atoms with E-state index in [-0.39, 0.29) is 0 Å². The number of H-pyrrole nitrogens is 1. The number of hydrogen-bond donors (Lipinski definition) is 4. The van der Waals surface area contributed by atoms with E-state index in [4.69, 9.17) is 11.5 Å². The number of rotatable bonds is 5. The second-order valence-electron chi connectivity index (χ2n) is 6.90. The van der Waals surface area contributed by atoms with Gasteiger partial charge in [0.05, 0.1) is 23.7 Å². The van der Waals surface area contributed by atoms with Crippen molar-refractivity contribution < 1.29 is 8.42 Å². The van der Waals surface area contributed by atoms with E-state index in [2.05, 4.69) is 30.2 Å². The molecule has 0 amide bonds. The molecular formula is C18H27N9O2S. The lowest BCUT2D eigenvalue weighted by molar-refractivity contribution is 0.349. The topological polar surface area (TPSA) is 169 Å². The zero-order chi connectivity index (χ0) is 21.6. The average molecular weight is 434 g/mol. The number of anilines is 2. The van der Waals surface area contributed by atoms with Crippen molar-refractivity contribution in [2.45, 2.75) is 19.3 Å². The van der Waals surface area contributed by atoms with Crippen molar-refractivity contribution in [2.24, 2.45) is 5.73 Å². The van der Waals surface area contributed by atoms with Gasteiger partial charge in [0.15, 0.2) is 5.65 Å². The van der Waals surface area contributed by atoms with Crippen LogP contribution in [0.5, 0.6) is 0 Å². The number of nitrogens with zero attached hydrogens (tertiary/aromatic N) is 5. The number of piperidine rings is 1. The highest BCUT2D eigenvalue weighted by molar-refractivity contribution is 7.88. The highest BCUT2D eigenvalue weighted by atomic mass is 32.2. The summed E-state index contributed by atoms with van der Waals surface area (Å²) in [6.45, 7) is 2.53. The first kappa shape index (κ1) is 21.9. The molecule has 0 radical (unpaired) electrons. The van der Waals surface area contributed by atoms with Crippen molar-refractivity contribution in [3.8, 4) is 11.3 Å². The van der Waals surface area contributed by atoms with E-state index < -0.39 is 10.0 Å². The summed E-state index contributed by atoms with van der Waals surface area (Å²) in [6, 6.07) is 1.85. The fourth-order valence-electron chi connectivity index (χ4n) is 3.02. The van der Waals surface area contributed by atoms with Crippen molar-refractivity contribution in [1.82, 2.24) is 29.2 Å². The number of fused-ring (bicyclic) bond motifs is 1. The highest BCUT2D eigenvalue weighted by Gasteiger charge is 2.18. The Kier molecular flexibility index (Phi) is 7.13. The number of nitrogens with one attached hydrogen (secondary N) is 2. The summed E-state index contributed by atoms with van der Waals surface area (Å²) in [5.41, 5.74) is 14.1. The fraction of sp³-hybridized carbons (Fsp3) is 0.444. The minimum Gasteiger partial charge on any atom is -0.383 e. The van der Waals surface area contributed by atoms with Crippen molar-refractivity contribution in [3.63, 3.8) is 0 Å². The molecule has 1 saturated heterocycles.